The van der Waals surface area contributed by atoms with Gasteiger partial charge >= 0.3 is 0 Å². The zero-order valence-corrected chi connectivity index (χ0v) is 19.7. The summed E-state index contributed by atoms with van der Waals surface area (Å²) >= 11 is 0. The van der Waals surface area contributed by atoms with Crippen molar-refractivity contribution in [2.75, 3.05) is 42.1 Å². The van der Waals surface area contributed by atoms with Crippen LogP contribution in [0.4, 0.5) is 17.3 Å². The maximum atomic E-state index is 13.1. The molecule has 8 nitrogen and oxygen atoms in total. The van der Waals surface area contributed by atoms with E-state index < -0.39 is 0 Å². The smallest absolute Gasteiger partial charge is 0.258 e. The summed E-state index contributed by atoms with van der Waals surface area (Å²) in [6, 6.07) is 15.0. The van der Waals surface area contributed by atoms with E-state index in [1.54, 1.807) is 30.6 Å². The fourth-order valence-electron chi connectivity index (χ4n) is 4.84. The van der Waals surface area contributed by atoms with Crippen LogP contribution < -0.4 is 16.0 Å². The summed E-state index contributed by atoms with van der Waals surface area (Å²) in [5.74, 6) is 1.32. The van der Waals surface area contributed by atoms with Crippen LogP contribution in [0.1, 0.15) is 57.9 Å². The minimum Gasteiger partial charge on any atom is -0.399 e. The van der Waals surface area contributed by atoms with E-state index in [1.807, 2.05) is 23.1 Å². The van der Waals surface area contributed by atoms with Crippen molar-refractivity contribution in [1.29, 1.82) is 0 Å². The van der Waals surface area contributed by atoms with Gasteiger partial charge < -0.3 is 20.9 Å². The van der Waals surface area contributed by atoms with Gasteiger partial charge in [0.15, 0.2) is 0 Å². The quantitative estimate of drug-likeness (QED) is 0.548. The van der Waals surface area contributed by atoms with Gasteiger partial charge in [-0.05, 0) is 73.6 Å². The Labute approximate surface area is 205 Å². The van der Waals surface area contributed by atoms with E-state index >= 15 is 0 Å². The number of nitrogens with zero attached hydrogens (tertiary/aromatic N) is 4. The molecule has 2 aromatic heterocycles. The maximum absolute atomic E-state index is 13.1. The largest absolute Gasteiger partial charge is 0.399 e. The lowest BCUT2D eigenvalue weighted by Crippen LogP contribution is -2.38. The molecule has 0 unspecified atom stereocenters. The van der Waals surface area contributed by atoms with Gasteiger partial charge in [-0.3, -0.25) is 9.59 Å². The third-order valence-corrected chi connectivity index (χ3v) is 6.88. The summed E-state index contributed by atoms with van der Waals surface area (Å²) in [6.45, 7) is 3.38. The monoisotopic (exact) mass is 470 g/mol. The lowest BCUT2D eigenvalue weighted by Gasteiger charge is -2.32. The molecule has 0 spiro atoms. The predicted octanol–water partition coefficient (Wildman–Crippen LogP) is 3.93. The van der Waals surface area contributed by atoms with Gasteiger partial charge in [0.05, 0.1) is 5.56 Å². The van der Waals surface area contributed by atoms with E-state index in [0.717, 1.165) is 37.4 Å². The van der Waals surface area contributed by atoms with E-state index in [4.69, 9.17) is 5.73 Å². The van der Waals surface area contributed by atoms with Crippen LogP contribution >= 0.6 is 0 Å². The summed E-state index contributed by atoms with van der Waals surface area (Å²) in [5.41, 5.74) is 8.80. The Morgan fingerprint density at radius 1 is 0.886 bits per heavy atom. The molecule has 2 amide bonds. The molecule has 8 heteroatoms. The van der Waals surface area contributed by atoms with Crippen LogP contribution in [0.3, 0.4) is 0 Å². The molecule has 4 heterocycles. The van der Waals surface area contributed by atoms with Crippen LogP contribution in [0.15, 0.2) is 60.9 Å². The Kier molecular flexibility index (Phi) is 6.61. The maximum Gasteiger partial charge on any atom is 0.258 e. The number of benzene rings is 1. The van der Waals surface area contributed by atoms with E-state index in [2.05, 4.69) is 32.3 Å². The molecule has 180 valence electrons. The SMILES string of the molecule is Nc1ccc(C2CCN(C(=O)c3ccnc(NC(=O)c4ccc(N5CCCC5)nc4)c3)CC2)cc1. The molecule has 0 bridgehead atoms. The van der Waals surface area contributed by atoms with E-state index in [-0.39, 0.29) is 11.8 Å². The van der Waals surface area contributed by atoms with E-state index in [9.17, 15) is 9.59 Å². The normalized spacial score (nSPS) is 16.3. The van der Waals surface area contributed by atoms with Crippen molar-refractivity contribution in [3.8, 4) is 0 Å². The second-order valence-corrected chi connectivity index (χ2v) is 9.22. The molecule has 0 saturated carbocycles. The Balaban J connectivity index is 1.19. The molecule has 2 aliphatic heterocycles. The minimum atomic E-state index is -0.299. The average Bonchev–Trinajstić information content (AvgIpc) is 3.44. The highest BCUT2D eigenvalue weighted by atomic mass is 16.2. The number of likely N-dealkylation sites (tertiary alicyclic amines) is 1. The number of carbonyl (C=O) groups excluding carboxylic acids is 2. The molecule has 1 aromatic carbocycles. The summed E-state index contributed by atoms with van der Waals surface area (Å²) in [6.07, 6.45) is 7.30. The van der Waals surface area contributed by atoms with Crippen LogP contribution in [0.5, 0.6) is 0 Å². The van der Waals surface area contributed by atoms with Gasteiger partial charge in [0, 0.05) is 49.8 Å². The van der Waals surface area contributed by atoms with Gasteiger partial charge in [-0.1, -0.05) is 12.1 Å². The molecular weight excluding hydrogens is 440 g/mol. The zero-order valence-electron chi connectivity index (χ0n) is 19.7. The highest BCUT2D eigenvalue weighted by molar-refractivity contribution is 6.04. The van der Waals surface area contributed by atoms with Gasteiger partial charge in [0.25, 0.3) is 11.8 Å². The number of nitrogens with two attached hydrogens (primary N) is 1. The second-order valence-electron chi connectivity index (χ2n) is 9.22. The second kappa shape index (κ2) is 10.1. The number of hydrogen-bond donors (Lipinski definition) is 2. The summed E-state index contributed by atoms with van der Waals surface area (Å²) in [5, 5.41) is 2.79. The first-order chi connectivity index (χ1) is 17.1. The number of carbonyl (C=O) groups is 2. The van der Waals surface area contributed by atoms with Gasteiger partial charge in [0.2, 0.25) is 0 Å². The predicted molar refractivity (Wildman–Crippen MR) is 137 cm³/mol. The number of amides is 2. The Morgan fingerprint density at radius 3 is 2.31 bits per heavy atom. The summed E-state index contributed by atoms with van der Waals surface area (Å²) in [7, 11) is 0. The van der Waals surface area contributed by atoms with Crippen molar-refractivity contribution < 1.29 is 9.59 Å². The fourth-order valence-corrected chi connectivity index (χ4v) is 4.84. The van der Waals surface area contributed by atoms with Crippen molar-refractivity contribution in [3.05, 3.63) is 77.6 Å². The topological polar surface area (TPSA) is 104 Å². The van der Waals surface area contributed by atoms with Gasteiger partial charge in [-0.15, -0.1) is 0 Å². The van der Waals surface area contributed by atoms with E-state index in [1.165, 1.54) is 18.4 Å². The van der Waals surface area contributed by atoms with Crippen LogP contribution in [-0.2, 0) is 0 Å². The fraction of sp³-hybridized carbons (Fsp3) is 0.333. The van der Waals surface area contributed by atoms with Gasteiger partial charge in [0.1, 0.15) is 11.6 Å². The molecule has 3 aromatic rings. The molecule has 0 aliphatic carbocycles. The van der Waals surface area contributed by atoms with E-state index in [0.29, 0.717) is 36.0 Å². The van der Waals surface area contributed by atoms with Crippen molar-refractivity contribution in [2.24, 2.45) is 0 Å². The lowest BCUT2D eigenvalue weighted by molar-refractivity contribution is 0.0712. The highest BCUT2D eigenvalue weighted by Crippen LogP contribution is 2.29. The first-order valence-corrected chi connectivity index (χ1v) is 12.2. The number of anilines is 3. The average molecular weight is 471 g/mol. The van der Waals surface area contributed by atoms with Crippen molar-refractivity contribution >= 4 is 29.1 Å². The lowest BCUT2D eigenvalue weighted by atomic mass is 9.89. The molecular formula is C27H30N6O2. The molecule has 2 aliphatic rings. The summed E-state index contributed by atoms with van der Waals surface area (Å²) in [4.78, 5) is 38.6. The van der Waals surface area contributed by atoms with Crippen molar-refractivity contribution in [3.63, 3.8) is 0 Å². The van der Waals surface area contributed by atoms with Crippen molar-refractivity contribution in [2.45, 2.75) is 31.6 Å². The van der Waals surface area contributed by atoms with Crippen LogP contribution in [-0.4, -0.2) is 52.9 Å². The summed E-state index contributed by atoms with van der Waals surface area (Å²) < 4.78 is 0. The minimum absolute atomic E-state index is 0.0460. The Hall–Kier alpha value is -3.94. The number of rotatable bonds is 5. The van der Waals surface area contributed by atoms with Gasteiger partial charge in [-0.2, -0.15) is 0 Å². The third kappa shape index (κ3) is 5.26. The third-order valence-electron chi connectivity index (χ3n) is 6.88. The number of nitrogen functional groups attached to an aromatic ring is 1. The number of nitrogens with one attached hydrogen (secondary N) is 1. The Bertz CT molecular complexity index is 1180. The zero-order chi connectivity index (χ0) is 24.2. The molecule has 2 saturated heterocycles. The first-order valence-electron chi connectivity index (χ1n) is 12.2. The molecule has 0 atom stereocenters. The highest BCUT2D eigenvalue weighted by Gasteiger charge is 2.25. The van der Waals surface area contributed by atoms with Crippen LogP contribution in [0.2, 0.25) is 0 Å². The molecule has 3 N–H and O–H groups in total. The molecule has 5 rings (SSSR count). The number of hydrogen-bond acceptors (Lipinski definition) is 6. The number of pyridine rings is 2. The van der Waals surface area contributed by atoms with Crippen molar-refractivity contribution in [1.82, 2.24) is 14.9 Å². The number of piperidine rings is 1. The van der Waals surface area contributed by atoms with Crippen LogP contribution in [0, 0.1) is 0 Å². The van der Waals surface area contributed by atoms with Gasteiger partial charge in [-0.25, -0.2) is 9.97 Å². The standard InChI is InChI=1S/C27H30N6O2/c28-23-6-3-19(4-7-23)20-10-15-33(16-11-20)27(35)21-9-12-29-24(17-21)31-26(34)22-5-8-25(30-18-22)32-13-1-2-14-32/h3-9,12,17-18,20H,1-2,10-11,13-16,28H2,(H,29,31,34). The first kappa shape index (κ1) is 22.8. The number of aromatic nitrogens is 2. The Morgan fingerprint density at radius 2 is 1.63 bits per heavy atom. The molecule has 0 radical (unpaired) electrons. The molecule has 2 fully saturated rings. The molecule has 35 heavy (non-hydrogen) atoms. The van der Waals surface area contributed by atoms with Crippen LogP contribution in [0.25, 0.3) is 0 Å².